The van der Waals surface area contributed by atoms with Crippen LogP contribution in [0.15, 0.2) is 12.1 Å². The number of rotatable bonds is 5. The fourth-order valence-corrected chi connectivity index (χ4v) is 2.56. The van der Waals surface area contributed by atoms with Crippen LogP contribution < -0.4 is 10.1 Å². The second kappa shape index (κ2) is 6.87. The fourth-order valence-electron chi connectivity index (χ4n) is 2.56. The predicted molar refractivity (Wildman–Crippen MR) is 75.3 cm³/mol. The summed E-state index contributed by atoms with van der Waals surface area (Å²) in [5.41, 5.74) is 1.69. The minimum absolute atomic E-state index is 0.142. The van der Waals surface area contributed by atoms with Gasteiger partial charge in [0.1, 0.15) is 11.6 Å². The maximum atomic E-state index is 14.0. The van der Waals surface area contributed by atoms with Gasteiger partial charge in [-0.3, -0.25) is 0 Å². The van der Waals surface area contributed by atoms with Gasteiger partial charge in [-0.1, -0.05) is 6.92 Å². The second-order valence-electron chi connectivity index (χ2n) is 4.95. The third kappa shape index (κ3) is 3.67. The lowest BCUT2D eigenvalue weighted by atomic mass is 10.0. The molecule has 19 heavy (non-hydrogen) atoms. The van der Waals surface area contributed by atoms with Crippen LogP contribution in [0.3, 0.4) is 0 Å². The predicted octanol–water partition coefficient (Wildman–Crippen LogP) is 1.84. The van der Waals surface area contributed by atoms with Gasteiger partial charge >= 0.3 is 0 Å². The molecule has 1 heterocycles. The zero-order valence-corrected chi connectivity index (χ0v) is 11.8. The summed E-state index contributed by atoms with van der Waals surface area (Å²) in [5, 5.41) is 3.33. The van der Waals surface area contributed by atoms with Crippen molar-refractivity contribution in [2.75, 3.05) is 39.8 Å². The van der Waals surface area contributed by atoms with Crippen LogP contribution >= 0.6 is 0 Å². The Morgan fingerprint density at radius 1 is 1.32 bits per heavy atom. The standard InChI is InChI=1S/C15H23FN2O/c1-3-13-14(16)10-12(11-15(13)19-2)4-7-18-8-5-17-6-9-18/h10-11,17H,3-9H2,1-2H3. The molecule has 0 saturated carbocycles. The van der Waals surface area contributed by atoms with E-state index in [9.17, 15) is 4.39 Å². The van der Waals surface area contributed by atoms with Crippen molar-refractivity contribution < 1.29 is 9.13 Å². The summed E-state index contributed by atoms with van der Waals surface area (Å²) in [6.45, 7) is 7.18. The monoisotopic (exact) mass is 266 g/mol. The van der Waals surface area contributed by atoms with Crippen LogP contribution in [0.25, 0.3) is 0 Å². The molecule has 1 aliphatic heterocycles. The first-order valence-electron chi connectivity index (χ1n) is 7.03. The van der Waals surface area contributed by atoms with Crippen molar-refractivity contribution in [3.05, 3.63) is 29.1 Å². The number of ether oxygens (including phenoxy) is 1. The molecule has 1 N–H and O–H groups in total. The fraction of sp³-hybridized carbons (Fsp3) is 0.600. The molecule has 3 nitrogen and oxygen atoms in total. The lowest BCUT2D eigenvalue weighted by Gasteiger charge is -2.27. The average Bonchev–Trinajstić information content (AvgIpc) is 2.45. The van der Waals surface area contributed by atoms with Crippen molar-refractivity contribution in [3.8, 4) is 5.75 Å². The first-order chi connectivity index (χ1) is 9.24. The van der Waals surface area contributed by atoms with E-state index in [1.165, 1.54) is 0 Å². The SMILES string of the molecule is CCc1c(F)cc(CCN2CCNCC2)cc1OC. The Morgan fingerprint density at radius 3 is 2.68 bits per heavy atom. The summed E-state index contributed by atoms with van der Waals surface area (Å²) in [6.07, 6.45) is 1.53. The lowest BCUT2D eigenvalue weighted by Crippen LogP contribution is -2.44. The maximum absolute atomic E-state index is 14.0. The van der Waals surface area contributed by atoms with E-state index in [0.717, 1.165) is 44.7 Å². The summed E-state index contributed by atoms with van der Waals surface area (Å²) in [4.78, 5) is 2.41. The molecule has 1 aliphatic rings. The molecule has 0 unspecified atom stereocenters. The Bertz CT molecular complexity index is 417. The Balaban J connectivity index is 2.01. The van der Waals surface area contributed by atoms with E-state index >= 15 is 0 Å². The second-order valence-corrected chi connectivity index (χ2v) is 4.95. The Kier molecular flexibility index (Phi) is 5.16. The van der Waals surface area contributed by atoms with E-state index in [-0.39, 0.29) is 5.82 Å². The van der Waals surface area contributed by atoms with Crippen LogP contribution in [0.2, 0.25) is 0 Å². The van der Waals surface area contributed by atoms with Crippen molar-refractivity contribution in [2.45, 2.75) is 19.8 Å². The number of piperazine rings is 1. The Morgan fingerprint density at radius 2 is 2.05 bits per heavy atom. The zero-order valence-electron chi connectivity index (χ0n) is 11.8. The first kappa shape index (κ1) is 14.3. The number of nitrogens with zero attached hydrogens (tertiary/aromatic N) is 1. The summed E-state index contributed by atoms with van der Waals surface area (Å²) in [5.74, 6) is 0.537. The number of benzene rings is 1. The van der Waals surface area contributed by atoms with Gasteiger partial charge in [0.2, 0.25) is 0 Å². The number of methoxy groups -OCH3 is 1. The van der Waals surface area contributed by atoms with E-state index < -0.39 is 0 Å². The van der Waals surface area contributed by atoms with E-state index in [2.05, 4.69) is 10.2 Å². The first-order valence-corrected chi connectivity index (χ1v) is 7.03. The van der Waals surface area contributed by atoms with Crippen molar-refractivity contribution >= 4 is 0 Å². The van der Waals surface area contributed by atoms with Gasteiger partial charge < -0.3 is 15.0 Å². The zero-order chi connectivity index (χ0) is 13.7. The molecule has 0 bridgehead atoms. The van der Waals surface area contributed by atoms with Crippen LogP contribution in [-0.4, -0.2) is 44.7 Å². The molecule has 1 aromatic carbocycles. The van der Waals surface area contributed by atoms with Crippen LogP contribution in [0, 0.1) is 5.82 Å². The molecular formula is C15H23FN2O. The third-order valence-corrected chi connectivity index (χ3v) is 3.71. The van der Waals surface area contributed by atoms with E-state index in [1.807, 2.05) is 13.0 Å². The van der Waals surface area contributed by atoms with Gasteiger partial charge in [-0.2, -0.15) is 0 Å². The number of nitrogens with one attached hydrogen (secondary N) is 1. The average molecular weight is 266 g/mol. The summed E-state index contributed by atoms with van der Waals surface area (Å²) in [6, 6.07) is 3.63. The smallest absolute Gasteiger partial charge is 0.130 e. The van der Waals surface area contributed by atoms with Gasteiger partial charge in [-0.15, -0.1) is 0 Å². The number of hydrogen-bond acceptors (Lipinski definition) is 3. The topological polar surface area (TPSA) is 24.5 Å². The van der Waals surface area contributed by atoms with Gasteiger partial charge in [0, 0.05) is 38.3 Å². The van der Waals surface area contributed by atoms with Gasteiger partial charge in [0.15, 0.2) is 0 Å². The largest absolute Gasteiger partial charge is 0.496 e. The van der Waals surface area contributed by atoms with E-state index in [0.29, 0.717) is 17.7 Å². The minimum atomic E-state index is -0.142. The highest BCUT2D eigenvalue weighted by Crippen LogP contribution is 2.24. The Labute approximate surface area is 114 Å². The molecule has 0 aromatic heterocycles. The molecule has 106 valence electrons. The summed E-state index contributed by atoms with van der Waals surface area (Å²) < 4.78 is 19.2. The molecule has 0 aliphatic carbocycles. The van der Waals surface area contributed by atoms with Crippen LogP contribution in [-0.2, 0) is 12.8 Å². The summed E-state index contributed by atoms with van der Waals surface area (Å²) >= 11 is 0. The van der Waals surface area contributed by atoms with Crippen molar-refractivity contribution in [1.82, 2.24) is 10.2 Å². The van der Waals surface area contributed by atoms with Gasteiger partial charge in [0.05, 0.1) is 7.11 Å². The Hall–Kier alpha value is -1.13. The van der Waals surface area contributed by atoms with Crippen molar-refractivity contribution in [3.63, 3.8) is 0 Å². The molecule has 0 radical (unpaired) electrons. The molecule has 1 aromatic rings. The maximum Gasteiger partial charge on any atom is 0.130 e. The van der Waals surface area contributed by atoms with Gasteiger partial charge in [0.25, 0.3) is 0 Å². The lowest BCUT2D eigenvalue weighted by molar-refractivity contribution is 0.243. The highest BCUT2D eigenvalue weighted by Gasteiger charge is 2.12. The normalized spacial score (nSPS) is 16.6. The number of halogens is 1. The van der Waals surface area contributed by atoms with Crippen LogP contribution in [0.5, 0.6) is 5.75 Å². The molecule has 4 heteroatoms. The van der Waals surface area contributed by atoms with Crippen LogP contribution in [0.1, 0.15) is 18.1 Å². The molecule has 0 amide bonds. The van der Waals surface area contributed by atoms with Crippen molar-refractivity contribution in [1.29, 1.82) is 0 Å². The molecular weight excluding hydrogens is 243 g/mol. The van der Waals surface area contributed by atoms with E-state index in [4.69, 9.17) is 4.74 Å². The third-order valence-electron chi connectivity index (χ3n) is 3.71. The highest BCUT2D eigenvalue weighted by molar-refractivity contribution is 5.39. The highest BCUT2D eigenvalue weighted by atomic mass is 19.1. The summed E-state index contributed by atoms with van der Waals surface area (Å²) in [7, 11) is 1.61. The van der Waals surface area contributed by atoms with Crippen molar-refractivity contribution in [2.24, 2.45) is 0 Å². The molecule has 0 atom stereocenters. The van der Waals surface area contributed by atoms with E-state index in [1.54, 1.807) is 13.2 Å². The van der Waals surface area contributed by atoms with Crippen LogP contribution in [0.4, 0.5) is 4.39 Å². The molecule has 1 saturated heterocycles. The minimum Gasteiger partial charge on any atom is -0.496 e. The quantitative estimate of drug-likeness (QED) is 0.880. The molecule has 1 fully saturated rings. The van der Waals surface area contributed by atoms with Gasteiger partial charge in [-0.05, 0) is 30.5 Å². The molecule has 0 spiro atoms. The molecule has 2 rings (SSSR count). The van der Waals surface area contributed by atoms with Gasteiger partial charge in [-0.25, -0.2) is 4.39 Å². The number of hydrogen-bond donors (Lipinski definition) is 1.